The standard InChI is InChI=1S/C14H21ClN4/c15-13-11-9-16-7-6-12(11)18-14(19-13)17-8-10-4-2-1-3-5-10/h10,16H,1-9H2,(H,17,18,19). The molecule has 0 spiro atoms. The van der Waals surface area contributed by atoms with E-state index >= 15 is 0 Å². The SMILES string of the molecule is Clc1nc(NCC2CCCCC2)nc2c1CNCC2. The van der Waals surface area contributed by atoms with Gasteiger partial charge in [-0.1, -0.05) is 30.9 Å². The Kier molecular flexibility index (Phi) is 4.18. The van der Waals surface area contributed by atoms with E-state index in [1.54, 1.807) is 0 Å². The number of aromatic nitrogens is 2. The van der Waals surface area contributed by atoms with E-state index < -0.39 is 0 Å². The van der Waals surface area contributed by atoms with E-state index in [0.29, 0.717) is 11.1 Å². The highest BCUT2D eigenvalue weighted by Crippen LogP contribution is 2.25. The summed E-state index contributed by atoms with van der Waals surface area (Å²) in [6.07, 6.45) is 7.72. The zero-order valence-corrected chi connectivity index (χ0v) is 12.0. The fourth-order valence-corrected chi connectivity index (χ4v) is 3.26. The Morgan fingerprint density at radius 2 is 2.05 bits per heavy atom. The highest BCUT2D eigenvalue weighted by molar-refractivity contribution is 6.30. The minimum atomic E-state index is 0.600. The summed E-state index contributed by atoms with van der Waals surface area (Å²) in [6.45, 7) is 2.74. The number of anilines is 1. The Balaban J connectivity index is 1.65. The van der Waals surface area contributed by atoms with Gasteiger partial charge in [-0.2, -0.15) is 0 Å². The Morgan fingerprint density at radius 3 is 2.89 bits per heavy atom. The Morgan fingerprint density at radius 1 is 1.21 bits per heavy atom. The number of halogens is 1. The van der Waals surface area contributed by atoms with E-state index in [2.05, 4.69) is 20.6 Å². The van der Waals surface area contributed by atoms with Gasteiger partial charge in [0.1, 0.15) is 5.15 Å². The minimum absolute atomic E-state index is 0.600. The summed E-state index contributed by atoms with van der Waals surface area (Å²) in [4.78, 5) is 8.99. The third kappa shape index (κ3) is 3.18. The van der Waals surface area contributed by atoms with Crippen molar-refractivity contribution < 1.29 is 0 Å². The lowest BCUT2D eigenvalue weighted by molar-refractivity contribution is 0.373. The summed E-state index contributed by atoms with van der Waals surface area (Å²) in [7, 11) is 0. The minimum Gasteiger partial charge on any atom is -0.354 e. The summed E-state index contributed by atoms with van der Waals surface area (Å²) >= 11 is 6.24. The van der Waals surface area contributed by atoms with Crippen LogP contribution in [0.2, 0.25) is 5.15 Å². The van der Waals surface area contributed by atoms with Gasteiger partial charge >= 0.3 is 0 Å². The molecule has 3 rings (SSSR count). The van der Waals surface area contributed by atoms with Crippen LogP contribution >= 0.6 is 11.6 Å². The van der Waals surface area contributed by atoms with Crippen LogP contribution in [0.15, 0.2) is 0 Å². The molecule has 1 saturated carbocycles. The first-order chi connectivity index (χ1) is 9.33. The average molecular weight is 281 g/mol. The van der Waals surface area contributed by atoms with Crippen molar-refractivity contribution in [2.24, 2.45) is 5.92 Å². The predicted octanol–water partition coefficient (Wildman–Crippen LogP) is 2.77. The van der Waals surface area contributed by atoms with Crippen LogP contribution in [0.3, 0.4) is 0 Å². The molecule has 4 nitrogen and oxygen atoms in total. The molecular weight excluding hydrogens is 260 g/mol. The second-order valence-electron chi connectivity index (χ2n) is 5.57. The molecule has 0 aromatic carbocycles. The van der Waals surface area contributed by atoms with Gasteiger partial charge in [0, 0.05) is 31.6 Å². The summed E-state index contributed by atoms with van der Waals surface area (Å²) in [5, 5.41) is 7.28. The maximum absolute atomic E-state index is 6.24. The topological polar surface area (TPSA) is 49.8 Å². The Bertz CT molecular complexity index is 443. The lowest BCUT2D eigenvalue weighted by atomic mass is 9.89. The number of hydrogen-bond donors (Lipinski definition) is 2. The molecule has 0 unspecified atom stereocenters. The summed E-state index contributed by atoms with van der Waals surface area (Å²) in [5.41, 5.74) is 2.17. The van der Waals surface area contributed by atoms with Crippen molar-refractivity contribution >= 4 is 17.5 Å². The molecule has 1 aromatic rings. The molecule has 2 N–H and O–H groups in total. The van der Waals surface area contributed by atoms with Crippen molar-refractivity contribution in [3.05, 3.63) is 16.4 Å². The smallest absolute Gasteiger partial charge is 0.224 e. The van der Waals surface area contributed by atoms with E-state index in [9.17, 15) is 0 Å². The maximum Gasteiger partial charge on any atom is 0.224 e. The second-order valence-corrected chi connectivity index (χ2v) is 5.93. The first-order valence-electron chi connectivity index (χ1n) is 7.33. The zero-order valence-electron chi connectivity index (χ0n) is 11.2. The monoisotopic (exact) mass is 280 g/mol. The van der Waals surface area contributed by atoms with Gasteiger partial charge in [0.15, 0.2) is 0 Å². The van der Waals surface area contributed by atoms with Gasteiger partial charge in [0.2, 0.25) is 5.95 Å². The summed E-state index contributed by atoms with van der Waals surface area (Å²) in [6, 6.07) is 0. The van der Waals surface area contributed by atoms with E-state index in [1.165, 1.54) is 32.1 Å². The zero-order chi connectivity index (χ0) is 13.1. The van der Waals surface area contributed by atoms with E-state index in [1.807, 2.05) is 0 Å². The number of nitrogens with one attached hydrogen (secondary N) is 2. The predicted molar refractivity (Wildman–Crippen MR) is 77.5 cm³/mol. The molecule has 0 radical (unpaired) electrons. The van der Waals surface area contributed by atoms with Crippen molar-refractivity contribution in [3.8, 4) is 0 Å². The van der Waals surface area contributed by atoms with Crippen LogP contribution in [0.4, 0.5) is 5.95 Å². The summed E-state index contributed by atoms with van der Waals surface area (Å²) < 4.78 is 0. The van der Waals surface area contributed by atoms with Gasteiger partial charge in [0.05, 0.1) is 5.69 Å². The molecule has 1 aliphatic heterocycles. The van der Waals surface area contributed by atoms with Crippen LogP contribution in [0.5, 0.6) is 0 Å². The number of fused-ring (bicyclic) bond motifs is 1. The van der Waals surface area contributed by atoms with E-state index in [0.717, 1.165) is 43.2 Å². The van der Waals surface area contributed by atoms with Gasteiger partial charge in [-0.05, 0) is 18.8 Å². The molecular formula is C14H21ClN4. The molecule has 1 aliphatic carbocycles. The molecule has 0 amide bonds. The van der Waals surface area contributed by atoms with Crippen LogP contribution in [0.1, 0.15) is 43.4 Å². The second kappa shape index (κ2) is 6.06. The fraction of sp³-hybridized carbons (Fsp3) is 0.714. The van der Waals surface area contributed by atoms with Crippen molar-refractivity contribution in [2.45, 2.75) is 45.1 Å². The van der Waals surface area contributed by atoms with Crippen LogP contribution in [-0.4, -0.2) is 23.1 Å². The third-order valence-corrected chi connectivity index (χ3v) is 4.47. The Labute approximate surface area is 119 Å². The molecule has 1 fully saturated rings. The van der Waals surface area contributed by atoms with Crippen LogP contribution in [-0.2, 0) is 13.0 Å². The van der Waals surface area contributed by atoms with Gasteiger partial charge in [-0.3, -0.25) is 0 Å². The molecule has 5 heteroatoms. The van der Waals surface area contributed by atoms with Gasteiger partial charge in [-0.15, -0.1) is 0 Å². The van der Waals surface area contributed by atoms with Crippen LogP contribution in [0.25, 0.3) is 0 Å². The maximum atomic E-state index is 6.24. The molecule has 104 valence electrons. The highest BCUT2D eigenvalue weighted by Gasteiger charge is 2.17. The highest BCUT2D eigenvalue weighted by atomic mass is 35.5. The molecule has 0 bridgehead atoms. The van der Waals surface area contributed by atoms with Crippen LogP contribution < -0.4 is 10.6 Å². The number of nitrogens with zero attached hydrogens (tertiary/aromatic N) is 2. The summed E-state index contributed by atoms with van der Waals surface area (Å²) in [5.74, 6) is 1.48. The molecule has 2 aliphatic rings. The largest absolute Gasteiger partial charge is 0.354 e. The number of hydrogen-bond acceptors (Lipinski definition) is 4. The molecule has 0 saturated heterocycles. The van der Waals surface area contributed by atoms with Gasteiger partial charge < -0.3 is 10.6 Å². The van der Waals surface area contributed by atoms with Crippen molar-refractivity contribution in [1.82, 2.24) is 15.3 Å². The fourth-order valence-electron chi connectivity index (χ4n) is 3.01. The Hall–Kier alpha value is -0.870. The lowest BCUT2D eigenvalue weighted by Gasteiger charge is -2.22. The van der Waals surface area contributed by atoms with Crippen LogP contribution in [0, 0.1) is 5.92 Å². The van der Waals surface area contributed by atoms with Crippen molar-refractivity contribution in [3.63, 3.8) is 0 Å². The quantitative estimate of drug-likeness (QED) is 0.836. The molecule has 0 atom stereocenters. The first-order valence-corrected chi connectivity index (χ1v) is 7.70. The number of rotatable bonds is 3. The van der Waals surface area contributed by atoms with E-state index in [-0.39, 0.29) is 0 Å². The van der Waals surface area contributed by atoms with Crippen molar-refractivity contribution in [2.75, 3.05) is 18.4 Å². The van der Waals surface area contributed by atoms with Crippen molar-refractivity contribution in [1.29, 1.82) is 0 Å². The van der Waals surface area contributed by atoms with E-state index in [4.69, 9.17) is 11.6 Å². The third-order valence-electron chi connectivity index (χ3n) is 4.16. The average Bonchev–Trinajstić information content (AvgIpc) is 2.46. The first kappa shape index (κ1) is 13.1. The van der Waals surface area contributed by atoms with Gasteiger partial charge in [-0.25, -0.2) is 9.97 Å². The lowest BCUT2D eigenvalue weighted by Crippen LogP contribution is -2.26. The molecule has 1 aromatic heterocycles. The normalized spacial score (nSPS) is 20.1. The molecule has 19 heavy (non-hydrogen) atoms. The molecule has 2 heterocycles. The van der Waals surface area contributed by atoms with Gasteiger partial charge in [0.25, 0.3) is 0 Å².